The molecule has 0 spiro atoms. The van der Waals surface area contributed by atoms with Crippen LogP contribution < -0.4 is 13.9 Å². The molecular formula is C24H26N4O5S. The smallest absolute Gasteiger partial charge is 0.265 e. The van der Waals surface area contributed by atoms with Crippen LogP contribution >= 0.6 is 0 Å². The van der Waals surface area contributed by atoms with Crippen molar-refractivity contribution in [2.24, 2.45) is 0 Å². The second-order valence-electron chi connectivity index (χ2n) is 8.69. The number of carbonyl (C=O) groups excluding carboxylic acids is 1. The number of ether oxygens (including phenoxy) is 1. The summed E-state index contributed by atoms with van der Waals surface area (Å²) in [5.41, 5.74) is 2.57. The van der Waals surface area contributed by atoms with Crippen LogP contribution in [0.4, 0.5) is 11.4 Å². The molecule has 2 aromatic carbocycles. The van der Waals surface area contributed by atoms with Crippen LogP contribution in [0.15, 0.2) is 45.8 Å². The molecule has 1 amide bonds. The van der Waals surface area contributed by atoms with Gasteiger partial charge in [0, 0.05) is 18.5 Å². The Balaban J connectivity index is 1.49. The first-order valence-corrected chi connectivity index (χ1v) is 12.7. The van der Waals surface area contributed by atoms with Gasteiger partial charge in [0.05, 0.1) is 22.8 Å². The molecule has 0 radical (unpaired) electrons. The molecule has 5 rings (SSSR count). The van der Waals surface area contributed by atoms with Crippen molar-refractivity contribution >= 4 is 27.3 Å². The molecule has 1 aliphatic heterocycles. The van der Waals surface area contributed by atoms with E-state index in [4.69, 9.17) is 9.26 Å². The van der Waals surface area contributed by atoms with Gasteiger partial charge < -0.3 is 9.26 Å². The van der Waals surface area contributed by atoms with Gasteiger partial charge in [-0.15, -0.1) is 0 Å². The topological polar surface area (TPSA) is 106 Å². The predicted molar refractivity (Wildman–Crippen MR) is 126 cm³/mol. The van der Waals surface area contributed by atoms with Gasteiger partial charge in [-0.25, -0.2) is 8.42 Å². The number of amides is 1. The molecule has 178 valence electrons. The fraction of sp³-hybridized carbons (Fsp3) is 0.375. The van der Waals surface area contributed by atoms with Crippen LogP contribution in [0.3, 0.4) is 0 Å². The van der Waals surface area contributed by atoms with Gasteiger partial charge in [-0.2, -0.15) is 4.98 Å². The maximum absolute atomic E-state index is 13.6. The highest BCUT2D eigenvalue weighted by molar-refractivity contribution is 7.92. The first kappa shape index (κ1) is 22.4. The number of rotatable bonds is 7. The van der Waals surface area contributed by atoms with Crippen LogP contribution in [0.2, 0.25) is 0 Å². The molecule has 9 nitrogen and oxygen atoms in total. The summed E-state index contributed by atoms with van der Waals surface area (Å²) in [4.78, 5) is 18.7. The summed E-state index contributed by atoms with van der Waals surface area (Å²) in [6, 6.07) is 10.5. The van der Waals surface area contributed by atoms with E-state index in [-0.39, 0.29) is 30.5 Å². The largest absolute Gasteiger partial charge is 0.482 e. The fourth-order valence-corrected chi connectivity index (χ4v) is 5.84. The van der Waals surface area contributed by atoms with Crippen molar-refractivity contribution in [3.63, 3.8) is 0 Å². The zero-order chi connectivity index (χ0) is 24.0. The molecule has 34 heavy (non-hydrogen) atoms. The third kappa shape index (κ3) is 4.02. The fourth-order valence-electron chi connectivity index (χ4n) is 4.15. The number of benzene rings is 2. The van der Waals surface area contributed by atoms with Crippen LogP contribution in [-0.2, 0) is 21.4 Å². The van der Waals surface area contributed by atoms with Crippen molar-refractivity contribution in [2.45, 2.75) is 51.0 Å². The monoisotopic (exact) mass is 482 g/mol. The molecule has 10 heteroatoms. The number of anilines is 2. The summed E-state index contributed by atoms with van der Waals surface area (Å²) in [6.45, 7) is 5.64. The maximum atomic E-state index is 13.6. The molecule has 1 fully saturated rings. The van der Waals surface area contributed by atoms with E-state index >= 15 is 0 Å². The van der Waals surface area contributed by atoms with Gasteiger partial charge in [-0.3, -0.25) is 14.0 Å². The zero-order valence-electron chi connectivity index (χ0n) is 19.3. The Labute approximate surface area is 198 Å². The Bertz CT molecular complexity index is 1360. The van der Waals surface area contributed by atoms with Crippen molar-refractivity contribution < 1.29 is 22.5 Å². The SMILES string of the molecule is CCN(c1cccc(C)c1)S(=O)(=O)c1cc2c(cc1C)N(Cc1noc(C3CC3)n1)C(=O)CO2. The van der Waals surface area contributed by atoms with Crippen molar-refractivity contribution in [1.82, 2.24) is 10.1 Å². The quantitative estimate of drug-likeness (QED) is 0.505. The van der Waals surface area contributed by atoms with Gasteiger partial charge >= 0.3 is 0 Å². The van der Waals surface area contributed by atoms with E-state index in [2.05, 4.69) is 10.1 Å². The molecule has 1 saturated carbocycles. The molecule has 0 saturated heterocycles. The summed E-state index contributed by atoms with van der Waals surface area (Å²) in [7, 11) is -3.86. The summed E-state index contributed by atoms with van der Waals surface area (Å²) >= 11 is 0. The van der Waals surface area contributed by atoms with Crippen LogP contribution in [0.5, 0.6) is 5.75 Å². The summed E-state index contributed by atoms with van der Waals surface area (Å²) in [6.07, 6.45) is 2.07. The summed E-state index contributed by atoms with van der Waals surface area (Å²) < 4.78 is 39.6. The van der Waals surface area contributed by atoms with Crippen LogP contribution in [0, 0.1) is 13.8 Å². The highest BCUT2D eigenvalue weighted by Gasteiger charge is 2.34. The van der Waals surface area contributed by atoms with E-state index < -0.39 is 10.0 Å². The first-order chi connectivity index (χ1) is 16.3. The minimum absolute atomic E-state index is 0.126. The second-order valence-corrected chi connectivity index (χ2v) is 10.5. The zero-order valence-corrected chi connectivity index (χ0v) is 20.1. The van der Waals surface area contributed by atoms with Crippen molar-refractivity contribution in [2.75, 3.05) is 22.4 Å². The molecule has 1 aliphatic carbocycles. The third-order valence-electron chi connectivity index (χ3n) is 6.05. The minimum atomic E-state index is -3.86. The van der Waals surface area contributed by atoms with Gasteiger partial charge in [0.25, 0.3) is 15.9 Å². The highest BCUT2D eigenvalue weighted by Crippen LogP contribution is 2.40. The third-order valence-corrected chi connectivity index (χ3v) is 8.10. The molecule has 2 heterocycles. The first-order valence-electron chi connectivity index (χ1n) is 11.3. The predicted octanol–water partition coefficient (Wildman–Crippen LogP) is 3.70. The maximum Gasteiger partial charge on any atom is 0.265 e. The molecule has 0 atom stereocenters. The Morgan fingerprint density at radius 2 is 1.97 bits per heavy atom. The standard InChI is InChI=1S/C24H26N4O5S/c1-4-28(18-7-5-6-15(2)10-18)34(30,31)21-12-20-19(11-16(21)3)27(23(29)14-32-20)13-22-25-24(33-26-22)17-8-9-17/h5-7,10-12,17H,4,8-9,13-14H2,1-3H3. The molecule has 2 aliphatic rings. The molecule has 3 aromatic rings. The van der Waals surface area contributed by atoms with Crippen LogP contribution in [0.1, 0.15) is 48.5 Å². The van der Waals surface area contributed by atoms with E-state index in [0.717, 1.165) is 18.4 Å². The number of nitrogens with zero attached hydrogens (tertiary/aromatic N) is 4. The number of carbonyl (C=O) groups is 1. The molecule has 1 aromatic heterocycles. The van der Waals surface area contributed by atoms with Gasteiger partial charge in [-0.1, -0.05) is 17.3 Å². The summed E-state index contributed by atoms with van der Waals surface area (Å²) in [5, 5.41) is 4.01. The lowest BCUT2D eigenvalue weighted by Crippen LogP contribution is -2.39. The van der Waals surface area contributed by atoms with Crippen LogP contribution in [0.25, 0.3) is 0 Å². The van der Waals surface area contributed by atoms with Crippen molar-refractivity contribution in [3.8, 4) is 5.75 Å². The number of fused-ring (bicyclic) bond motifs is 1. The average molecular weight is 483 g/mol. The number of hydrogen-bond acceptors (Lipinski definition) is 7. The van der Waals surface area contributed by atoms with Gasteiger partial charge in [0.2, 0.25) is 5.89 Å². The lowest BCUT2D eigenvalue weighted by atomic mass is 10.1. The Morgan fingerprint density at radius 3 is 2.68 bits per heavy atom. The average Bonchev–Trinajstić information content (AvgIpc) is 3.54. The molecule has 0 N–H and O–H groups in total. The highest BCUT2D eigenvalue weighted by atomic mass is 32.2. The van der Waals surface area contributed by atoms with Gasteiger partial charge in [-0.05, 0) is 62.9 Å². The lowest BCUT2D eigenvalue weighted by Gasteiger charge is -2.30. The van der Waals surface area contributed by atoms with Crippen molar-refractivity contribution in [3.05, 3.63) is 59.2 Å². The Kier molecular flexibility index (Phi) is 5.55. The lowest BCUT2D eigenvalue weighted by molar-refractivity contribution is -0.121. The summed E-state index contributed by atoms with van der Waals surface area (Å²) in [5.74, 6) is 1.41. The normalized spacial score (nSPS) is 15.7. The number of hydrogen-bond donors (Lipinski definition) is 0. The van der Waals surface area contributed by atoms with E-state index in [9.17, 15) is 13.2 Å². The van der Waals surface area contributed by atoms with E-state index in [1.54, 1.807) is 26.0 Å². The van der Waals surface area contributed by atoms with Gasteiger partial charge in [0.15, 0.2) is 12.4 Å². The number of aromatic nitrogens is 2. The minimum Gasteiger partial charge on any atom is -0.482 e. The molecule has 0 unspecified atom stereocenters. The van der Waals surface area contributed by atoms with E-state index in [1.807, 2.05) is 25.1 Å². The van der Waals surface area contributed by atoms with E-state index in [0.29, 0.717) is 40.3 Å². The Morgan fingerprint density at radius 1 is 1.18 bits per heavy atom. The second kappa shape index (κ2) is 8.43. The van der Waals surface area contributed by atoms with Crippen molar-refractivity contribution in [1.29, 1.82) is 0 Å². The Hall–Kier alpha value is -3.40. The van der Waals surface area contributed by atoms with Crippen LogP contribution in [-0.4, -0.2) is 37.6 Å². The number of sulfonamides is 1. The number of aryl methyl sites for hydroxylation is 2. The van der Waals surface area contributed by atoms with Gasteiger partial charge in [0.1, 0.15) is 5.75 Å². The molecular weight excluding hydrogens is 456 g/mol. The van der Waals surface area contributed by atoms with E-state index in [1.165, 1.54) is 15.3 Å². The molecule has 0 bridgehead atoms.